The lowest BCUT2D eigenvalue weighted by Gasteiger charge is -2.18. The Bertz CT molecular complexity index is 241. The molecule has 94 valence electrons. The number of hydrogen-bond donors (Lipinski definition) is 2. The largest absolute Gasteiger partial charge is 0.480 e. The summed E-state index contributed by atoms with van der Waals surface area (Å²) in [7, 11) is 1.68. The van der Waals surface area contributed by atoms with E-state index in [1.54, 1.807) is 11.9 Å². The molecular weight excluding hydrogens is 208 g/mol. The first-order valence-corrected chi connectivity index (χ1v) is 5.57. The highest BCUT2D eigenvalue weighted by Crippen LogP contribution is 2.05. The third kappa shape index (κ3) is 6.40. The van der Waals surface area contributed by atoms with E-state index in [9.17, 15) is 9.59 Å². The van der Waals surface area contributed by atoms with Crippen LogP contribution in [0.5, 0.6) is 0 Å². The van der Waals surface area contributed by atoms with E-state index < -0.39 is 12.0 Å². The van der Waals surface area contributed by atoms with Gasteiger partial charge >= 0.3 is 5.97 Å². The fourth-order valence-corrected chi connectivity index (χ4v) is 1.29. The minimum absolute atomic E-state index is 0.131. The lowest BCUT2D eigenvalue weighted by Crippen LogP contribution is -2.38. The van der Waals surface area contributed by atoms with Gasteiger partial charge in [0.15, 0.2) is 0 Å². The molecular formula is C11H22N2O3. The molecule has 0 aliphatic carbocycles. The molecule has 0 heterocycles. The van der Waals surface area contributed by atoms with Crippen LogP contribution < -0.4 is 5.73 Å². The van der Waals surface area contributed by atoms with Gasteiger partial charge in [-0.2, -0.15) is 0 Å². The quantitative estimate of drug-likeness (QED) is 0.673. The topological polar surface area (TPSA) is 83.6 Å². The Morgan fingerprint density at radius 3 is 2.38 bits per heavy atom. The molecule has 16 heavy (non-hydrogen) atoms. The van der Waals surface area contributed by atoms with E-state index >= 15 is 0 Å². The molecule has 5 heteroatoms. The molecule has 0 radical (unpaired) electrons. The van der Waals surface area contributed by atoms with Crippen LogP contribution in [0.15, 0.2) is 0 Å². The number of aliphatic carboxylic acids is 1. The van der Waals surface area contributed by atoms with Crippen LogP contribution in [0.3, 0.4) is 0 Å². The zero-order chi connectivity index (χ0) is 12.7. The van der Waals surface area contributed by atoms with Gasteiger partial charge in [0.05, 0.1) is 6.42 Å². The predicted molar refractivity (Wildman–Crippen MR) is 61.9 cm³/mol. The first-order valence-electron chi connectivity index (χ1n) is 5.57. The minimum atomic E-state index is -1.14. The van der Waals surface area contributed by atoms with Crippen LogP contribution in [0, 0.1) is 5.92 Å². The van der Waals surface area contributed by atoms with Crippen molar-refractivity contribution in [1.29, 1.82) is 0 Å². The first kappa shape index (κ1) is 14.9. The van der Waals surface area contributed by atoms with Crippen LogP contribution in [0.1, 0.15) is 33.1 Å². The third-order valence-electron chi connectivity index (χ3n) is 2.41. The standard InChI is InChI=1S/C11H22N2O3/c1-8(2)5-4-6-13(3)10(14)7-9(12)11(15)16/h8-9H,4-7,12H2,1-3H3,(H,15,16). The van der Waals surface area contributed by atoms with Gasteiger partial charge in [0.1, 0.15) is 6.04 Å². The highest BCUT2D eigenvalue weighted by Gasteiger charge is 2.18. The molecule has 0 aliphatic rings. The van der Waals surface area contributed by atoms with Gasteiger partial charge in [-0.1, -0.05) is 13.8 Å². The van der Waals surface area contributed by atoms with Crippen molar-refractivity contribution in [1.82, 2.24) is 4.90 Å². The van der Waals surface area contributed by atoms with Crippen LogP contribution in [-0.4, -0.2) is 41.5 Å². The molecule has 0 aromatic rings. The second-order valence-electron chi connectivity index (χ2n) is 4.50. The van der Waals surface area contributed by atoms with Gasteiger partial charge < -0.3 is 15.7 Å². The van der Waals surface area contributed by atoms with Crippen molar-refractivity contribution >= 4 is 11.9 Å². The van der Waals surface area contributed by atoms with Crippen LogP contribution in [-0.2, 0) is 9.59 Å². The molecule has 0 fully saturated rings. The van der Waals surface area contributed by atoms with E-state index in [0.717, 1.165) is 12.8 Å². The van der Waals surface area contributed by atoms with Gasteiger partial charge in [-0.3, -0.25) is 9.59 Å². The summed E-state index contributed by atoms with van der Waals surface area (Å²) in [5.74, 6) is -0.729. The molecule has 0 aliphatic heterocycles. The van der Waals surface area contributed by atoms with Crippen molar-refractivity contribution in [3.05, 3.63) is 0 Å². The van der Waals surface area contributed by atoms with E-state index in [4.69, 9.17) is 10.8 Å². The average molecular weight is 230 g/mol. The molecule has 0 saturated heterocycles. The summed E-state index contributed by atoms with van der Waals surface area (Å²) in [6.45, 7) is 4.91. The van der Waals surface area contributed by atoms with Crippen LogP contribution in [0.4, 0.5) is 0 Å². The Morgan fingerprint density at radius 2 is 1.94 bits per heavy atom. The molecule has 5 nitrogen and oxygen atoms in total. The first-order chi connectivity index (χ1) is 7.34. The Labute approximate surface area is 96.6 Å². The maximum Gasteiger partial charge on any atom is 0.321 e. The SMILES string of the molecule is CC(C)CCCN(C)C(=O)CC(N)C(=O)O. The molecule has 1 amide bonds. The maximum atomic E-state index is 11.5. The van der Waals surface area contributed by atoms with E-state index in [1.165, 1.54) is 0 Å². The number of rotatable bonds is 7. The van der Waals surface area contributed by atoms with E-state index in [2.05, 4.69) is 13.8 Å². The van der Waals surface area contributed by atoms with Gasteiger partial charge in [-0.15, -0.1) is 0 Å². The maximum absolute atomic E-state index is 11.5. The lowest BCUT2D eigenvalue weighted by atomic mass is 10.1. The summed E-state index contributed by atoms with van der Waals surface area (Å²) in [6, 6.07) is -1.10. The number of carbonyl (C=O) groups excluding carboxylic acids is 1. The van der Waals surface area contributed by atoms with Crippen molar-refractivity contribution < 1.29 is 14.7 Å². The predicted octanol–water partition coefficient (Wildman–Crippen LogP) is 0.683. The van der Waals surface area contributed by atoms with Crippen LogP contribution in [0.2, 0.25) is 0 Å². The monoisotopic (exact) mass is 230 g/mol. The summed E-state index contributed by atoms with van der Waals surface area (Å²) in [5, 5.41) is 8.57. The molecule has 0 rings (SSSR count). The second kappa shape index (κ2) is 7.22. The Morgan fingerprint density at radius 1 is 1.38 bits per heavy atom. The van der Waals surface area contributed by atoms with Gasteiger partial charge in [0.2, 0.25) is 5.91 Å². The number of hydrogen-bond acceptors (Lipinski definition) is 3. The molecule has 0 aromatic carbocycles. The minimum Gasteiger partial charge on any atom is -0.480 e. The van der Waals surface area contributed by atoms with Gasteiger partial charge in [-0.25, -0.2) is 0 Å². The molecule has 0 spiro atoms. The highest BCUT2D eigenvalue weighted by atomic mass is 16.4. The zero-order valence-electron chi connectivity index (χ0n) is 10.3. The number of carbonyl (C=O) groups is 2. The van der Waals surface area contributed by atoms with Crippen LogP contribution in [0.25, 0.3) is 0 Å². The van der Waals surface area contributed by atoms with E-state index in [0.29, 0.717) is 12.5 Å². The number of carboxylic acids is 1. The van der Waals surface area contributed by atoms with E-state index in [1.807, 2.05) is 0 Å². The summed E-state index contributed by atoms with van der Waals surface area (Å²) in [5.41, 5.74) is 5.29. The molecule has 0 saturated carbocycles. The Balaban J connectivity index is 3.86. The second-order valence-corrected chi connectivity index (χ2v) is 4.50. The number of nitrogens with two attached hydrogens (primary N) is 1. The average Bonchev–Trinajstić information content (AvgIpc) is 2.16. The normalized spacial score (nSPS) is 12.6. The summed E-state index contributed by atoms with van der Waals surface area (Å²) >= 11 is 0. The van der Waals surface area contributed by atoms with Crippen molar-refractivity contribution in [2.75, 3.05) is 13.6 Å². The van der Waals surface area contributed by atoms with Gasteiger partial charge in [0.25, 0.3) is 0 Å². The smallest absolute Gasteiger partial charge is 0.321 e. The van der Waals surface area contributed by atoms with Crippen molar-refractivity contribution in [3.8, 4) is 0 Å². The fraction of sp³-hybridized carbons (Fsp3) is 0.818. The number of carboxylic acid groups (broad SMARTS) is 1. The van der Waals surface area contributed by atoms with Gasteiger partial charge in [-0.05, 0) is 18.8 Å². The number of nitrogens with zero attached hydrogens (tertiary/aromatic N) is 1. The van der Waals surface area contributed by atoms with Crippen molar-refractivity contribution in [2.45, 2.75) is 39.2 Å². The highest BCUT2D eigenvalue weighted by molar-refractivity contribution is 5.84. The Kier molecular flexibility index (Phi) is 6.72. The van der Waals surface area contributed by atoms with Crippen molar-refractivity contribution in [2.24, 2.45) is 11.7 Å². The molecule has 0 aromatic heterocycles. The fourth-order valence-electron chi connectivity index (χ4n) is 1.29. The number of amides is 1. The molecule has 3 N–H and O–H groups in total. The molecule has 1 unspecified atom stereocenters. The molecule has 1 atom stereocenters. The van der Waals surface area contributed by atoms with Crippen molar-refractivity contribution in [3.63, 3.8) is 0 Å². The Hall–Kier alpha value is -1.10. The molecule has 0 bridgehead atoms. The zero-order valence-corrected chi connectivity index (χ0v) is 10.3. The lowest BCUT2D eigenvalue weighted by molar-refractivity contribution is -0.142. The van der Waals surface area contributed by atoms with Crippen LogP contribution >= 0.6 is 0 Å². The third-order valence-corrected chi connectivity index (χ3v) is 2.41. The van der Waals surface area contributed by atoms with E-state index in [-0.39, 0.29) is 12.3 Å². The summed E-state index contributed by atoms with van der Waals surface area (Å²) < 4.78 is 0. The van der Waals surface area contributed by atoms with Gasteiger partial charge in [0, 0.05) is 13.6 Å². The summed E-state index contributed by atoms with van der Waals surface area (Å²) in [4.78, 5) is 23.5. The summed E-state index contributed by atoms with van der Waals surface area (Å²) in [6.07, 6.45) is 1.86.